The van der Waals surface area contributed by atoms with Crippen LogP contribution in [0.2, 0.25) is 0 Å². The van der Waals surface area contributed by atoms with Gasteiger partial charge in [0.25, 0.3) is 0 Å². The Hall–Kier alpha value is -1.59. The van der Waals surface area contributed by atoms with E-state index in [9.17, 15) is 9.90 Å². The Morgan fingerprint density at radius 3 is 3.05 bits per heavy atom. The van der Waals surface area contributed by atoms with Gasteiger partial charge in [0.05, 0.1) is 19.1 Å². The van der Waals surface area contributed by atoms with Gasteiger partial charge in [-0.25, -0.2) is 0 Å². The van der Waals surface area contributed by atoms with Gasteiger partial charge in [0.1, 0.15) is 11.4 Å². The normalized spacial score (nSPS) is 28.6. The van der Waals surface area contributed by atoms with Gasteiger partial charge in [-0.05, 0) is 12.5 Å². The fourth-order valence-corrected chi connectivity index (χ4v) is 2.73. The SMILES string of the molecule is O=C(NCC1(O)CCOC1)C1CCOc2ccccc21. The standard InChI is InChI=1S/C15H19NO4/c17-14(16-9-15(18)6-8-19-10-15)12-5-7-20-13-4-2-1-3-11(12)13/h1-4,12,18H,5-10H2,(H,16,17). The van der Waals surface area contributed by atoms with Gasteiger partial charge in [-0.3, -0.25) is 4.79 Å². The van der Waals surface area contributed by atoms with Gasteiger partial charge >= 0.3 is 0 Å². The third-order valence-corrected chi connectivity index (χ3v) is 3.95. The Balaban J connectivity index is 1.66. The average molecular weight is 277 g/mol. The first-order valence-corrected chi connectivity index (χ1v) is 6.98. The van der Waals surface area contributed by atoms with Gasteiger partial charge < -0.3 is 19.9 Å². The van der Waals surface area contributed by atoms with E-state index in [2.05, 4.69) is 5.32 Å². The summed E-state index contributed by atoms with van der Waals surface area (Å²) in [5.41, 5.74) is 0.00582. The van der Waals surface area contributed by atoms with Gasteiger partial charge in [0.2, 0.25) is 5.91 Å². The molecule has 1 aromatic rings. The minimum absolute atomic E-state index is 0.0546. The molecule has 1 aromatic carbocycles. The lowest BCUT2D eigenvalue weighted by molar-refractivity contribution is -0.124. The Bertz CT molecular complexity index is 496. The number of aliphatic hydroxyl groups is 1. The van der Waals surface area contributed by atoms with Crippen LogP contribution in [0.25, 0.3) is 0 Å². The van der Waals surface area contributed by atoms with E-state index in [4.69, 9.17) is 9.47 Å². The number of rotatable bonds is 3. The molecule has 2 heterocycles. The number of fused-ring (bicyclic) bond motifs is 1. The van der Waals surface area contributed by atoms with E-state index in [1.54, 1.807) is 0 Å². The summed E-state index contributed by atoms with van der Waals surface area (Å²) in [6, 6.07) is 7.61. The predicted molar refractivity (Wildman–Crippen MR) is 72.7 cm³/mol. The van der Waals surface area contributed by atoms with Crippen molar-refractivity contribution in [3.8, 4) is 5.75 Å². The monoisotopic (exact) mass is 277 g/mol. The van der Waals surface area contributed by atoms with Crippen molar-refractivity contribution in [2.24, 2.45) is 0 Å². The molecule has 0 saturated carbocycles. The molecule has 2 aliphatic heterocycles. The Morgan fingerprint density at radius 1 is 1.40 bits per heavy atom. The molecule has 108 valence electrons. The first-order valence-electron chi connectivity index (χ1n) is 6.98. The Kier molecular flexibility index (Phi) is 3.63. The zero-order valence-corrected chi connectivity index (χ0v) is 11.3. The largest absolute Gasteiger partial charge is 0.493 e. The summed E-state index contributed by atoms with van der Waals surface area (Å²) >= 11 is 0. The average Bonchev–Trinajstić information content (AvgIpc) is 2.91. The highest BCUT2D eigenvalue weighted by molar-refractivity contribution is 5.84. The first kappa shape index (κ1) is 13.4. The summed E-state index contributed by atoms with van der Waals surface area (Å²) in [5.74, 6) is 0.522. The van der Waals surface area contributed by atoms with Gasteiger partial charge in [-0.1, -0.05) is 18.2 Å². The molecule has 5 nitrogen and oxygen atoms in total. The fraction of sp³-hybridized carbons (Fsp3) is 0.533. The second-order valence-electron chi connectivity index (χ2n) is 5.47. The fourth-order valence-electron chi connectivity index (χ4n) is 2.73. The number of benzene rings is 1. The van der Waals surface area contributed by atoms with Crippen LogP contribution in [0.15, 0.2) is 24.3 Å². The molecule has 1 amide bonds. The van der Waals surface area contributed by atoms with Crippen LogP contribution in [0, 0.1) is 0 Å². The molecule has 2 aliphatic rings. The number of hydrogen-bond acceptors (Lipinski definition) is 4. The van der Waals surface area contributed by atoms with Gasteiger partial charge in [0, 0.05) is 25.1 Å². The van der Waals surface area contributed by atoms with E-state index in [0.717, 1.165) is 11.3 Å². The van der Waals surface area contributed by atoms with Crippen molar-refractivity contribution in [3.63, 3.8) is 0 Å². The van der Waals surface area contributed by atoms with E-state index < -0.39 is 5.60 Å². The summed E-state index contributed by atoms with van der Waals surface area (Å²) in [6.45, 7) is 1.62. The van der Waals surface area contributed by atoms with E-state index in [1.807, 2.05) is 24.3 Å². The topological polar surface area (TPSA) is 67.8 Å². The number of ether oxygens (including phenoxy) is 2. The number of para-hydroxylation sites is 1. The van der Waals surface area contributed by atoms with E-state index in [1.165, 1.54) is 0 Å². The number of carbonyl (C=O) groups is 1. The summed E-state index contributed by atoms with van der Waals surface area (Å²) in [7, 11) is 0. The van der Waals surface area contributed by atoms with Crippen LogP contribution in [-0.4, -0.2) is 43.0 Å². The Morgan fingerprint density at radius 2 is 2.25 bits per heavy atom. The van der Waals surface area contributed by atoms with Gasteiger partial charge in [-0.15, -0.1) is 0 Å². The van der Waals surface area contributed by atoms with Gasteiger partial charge in [-0.2, -0.15) is 0 Å². The first-order chi connectivity index (χ1) is 9.68. The van der Waals surface area contributed by atoms with Crippen LogP contribution < -0.4 is 10.1 Å². The molecule has 0 radical (unpaired) electrons. The lowest BCUT2D eigenvalue weighted by atomic mass is 9.92. The summed E-state index contributed by atoms with van der Waals surface area (Å²) in [5, 5.41) is 13.0. The third-order valence-electron chi connectivity index (χ3n) is 3.95. The molecule has 5 heteroatoms. The molecular formula is C15H19NO4. The predicted octanol–water partition coefficient (Wildman–Crippen LogP) is 0.820. The lowest BCUT2D eigenvalue weighted by Gasteiger charge is -2.27. The number of hydrogen-bond donors (Lipinski definition) is 2. The number of nitrogens with one attached hydrogen (secondary N) is 1. The maximum atomic E-state index is 12.3. The lowest BCUT2D eigenvalue weighted by Crippen LogP contribution is -2.45. The van der Waals surface area contributed by atoms with Crippen LogP contribution in [0.1, 0.15) is 24.3 Å². The Labute approximate surface area is 117 Å². The molecule has 1 saturated heterocycles. The highest BCUT2D eigenvalue weighted by Crippen LogP contribution is 2.33. The van der Waals surface area contributed by atoms with Crippen LogP contribution in [0.3, 0.4) is 0 Å². The van der Waals surface area contributed by atoms with Crippen molar-refractivity contribution in [2.75, 3.05) is 26.4 Å². The molecule has 2 atom stereocenters. The molecule has 20 heavy (non-hydrogen) atoms. The molecule has 2 N–H and O–H groups in total. The molecule has 1 fully saturated rings. The van der Waals surface area contributed by atoms with Crippen molar-refractivity contribution in [3.05, 3.63) is 29.8 Å². The zero-order chi connectivity index (χ0) is 14.0. The second-order valence-corrected chi connectivity index (χ2v) is 5.47. The molecule has 2 unspecified atom stereocenters. The summed E-state index contributed by atoms with van der Waals surface area (Å²) in [6.07, 6.45) is 1.23. The van der Waals surface area contributed by atoms with E-state index in [-0.39, 0.29) is 25.0 Å². The smallest absolute Gasteiger partial charge is 0.227 e. The minimum atomic E-state index is -0.916. The van der Waals surface area contributed by atoms with Crippen molar-refractivity contribution >= 4 is 5.91 Å². The van der Waals surface area contributed by atoms with Crippen LogP contribution in [0.5, 0.6) is 5.75 Å². The van der Waals surface area contributed by atoms with Gasteiger partial charge in [0.15, 0.2) is 0 Å². The highest BCUT2D eigenvalue weighted by Gasteiger charge is 2.34. The highest BCUT2D eigenvalue weighted by atomic mass is 16.5. The van der Waals surface area contributed by atoms with Crippen LogP contribution in [-0.2, 0) is 9.53 Å². The van der Waals surface area contributed by atoms with Crippen molar-refractivity contribution in [2.45, 2.75) is 24.4 Å². The number of carbonyl (C=O) groups excluding carboxylic acids is 1. The molecule has 0 aromatic heterocycles. The van der Waals surface area contributed by atoms with Crippen LogP contribution in [0.4, 0.5) is 0 Å². The van der Waals surface area contributed by atoms with Crippen molar-refractivity contribution < 1.29 is 19.4 Å². The number of amides is 1. The zero-order valence-electron chi connectivity index (χ0n) is 11.3. The molecule has 0 bridgehead atoms. The summed E-state index contributed by atoms with van der Waals surface area (Å²) < 4.78 is 10.7. The van der Waals surface area contributed by atoms with E-state index in [0.29, 0.717) is 26.1 Å². The van der Waals surface area contributed by atoms with E-state index >= 15 is 0 Å². The molecule has 0 aliphatic carbocycles. The molecule has 0 spiro atoms. The maximum Gasteiger partial charge on any atom is 0.227 e. The maximum absolute atomic E-state index is 12.3. The van der Waals surface area contributed by atoms with Crippen molar-refractivity contribution in [1.29, 1.82) is 0 Å². The minimum Gasteiger partial charge on any atom is -0.493 e. The van der Waals surface area contributed by atoms with Crippen molar-refractivity contribution in [1.82, 2.24) is 5.32 Å². The second kappa shape index (κ2) is 5.42. The molecule has 3 rings (SSSR count). The summed E-state index contributed by atoms with van der Waals surface area (Å²) in [4.78, 5) is 12.3. The molecular weight excluding hydrogens is 258 g/mol. The quantitative estimate of drug-likeness (QED) is 0.858. The third kappa shape index (κ3) is 2.64. The van der Waals surface area contributed by atoms with Crippen LogP contribution >= 0.6 is 0 Å².